The van der Waals surface area contributed by atoms with E-state index in [0.717, 1.165) is 0 Å². The van der Waals surface area contributed by atoms with Gasteiger partial charge in [-0.15, -0.1) is 0 Å². The number of benzene rings is 1. The fraction of sp³-hybridized carbons (Fsp3) is 0.385. The maximum Gasteiger partial charge on any atom is 0.253 e. The highest BCUT2D eigenvalue weighted by atomic mass is 32.1. The highest BCUT2D eigenvalue weighted by molar-refractivity contribution is 7.80. The number of rotatable bonds is 3. The van der Waals surface area contributed by atoms with Crippen molar-refractivity contribution in [1.82, 2.24) is 5.32 Å². The van der Waals surface area contributed by atoms with Crippen LogP contribution >= 0.6 is 12.6 Å². The number of amides is 2. The minimum Gasteiger partial charge on any atom is -0.355 e. The van der Waals surface area contributed by atoms with Crippen molar-refractivity contribution in [2.45, 2.75) is 6.42 Å². The lowest BCUT2D eigenvalue weighted by molar-refractivity contribution is -0.117. The first kappa shape index (κ1) is 13.0. The molecule has 4 nitrogen and oxygen atoms in total. The zero-order chi connectivity index (χ0) is 13.1. The van der Waals surface area contributed by atoms with Gasteiger partial charge in [0, 0.05) is 20.0 Å². The molecule has 18 heavy (non-hydrogen) atoms. The Kier molecular flexibility index (Phi) is 3.91. The molecule has 0 saturated carbocycles. The molecule has 0 aromatic heterocycles. The minimum atomic E-state index is -0.173. The molecule has 1 unspecified atom stereocenters. The third-order valence-electron chi connectivity index (χ3n) is 3.13. The summed E-state index contributed by atoms with van der Waals surface area (Å²) < 4.78 is 0. The number of thiol groups is 1. The van der Waals surface area contributed by atoms with E-state index in [1.165, 1.54) is 0 Å². The number of hydrogen-bond donors (Lipinski definition) is 2. The second-order valence-corrected chi connectivity index (χ2v) is 4.72. The first-order valence-corrected chi connectivity index (χ1v) is 6.53. The van der Waals surface area contributed by atoms with Crippen molar-refractivity contribution < 1.29 is 9.59 Å². The SMILES string of the molecule is CNC(=O)c1ccccc1N1CC(CS)CC1=O. The molecule has 1 saturated heterocycles. The third-order valence-corrected chi connectivity index (χ3v) is 3.65. The smallest absolute Gasteiger partial charge is 0.253 e. The molecule has 0 radical (unpaired) electrons. The molecule has 1 aromatic carbocycles. The van der Waals surface area contributed by atoms with E-state index < -0.39 is 0 Å². The van der Waals surface area contributed by atoms with Crippen LogP contribution in [0.1, 0.15) is 16.8 Å². The fourth-order valence-corrected chi connectivity index (χ4v) is 2.42. The van der Waals surface area contributed by atoms with Crippen LogP contribution in [0.25, 0.3) is 0 Å². The molecule has 1 heterocycles. The summed E-state index contributed by atoms with van der Waals surface area (Å²) in [5, 5.41) is 2.59. The van der Waals surface area contributed by atoms with Crippen LogP contribution in [0.15, 0.2) is 24.3 Å². The van der Waals surface area contributed by atoms with Crippen molar-refractivity contribution in [2.24, 2.45) is 5.92 Å². The van der Waals surface area contributed by atoms with Gasteiger partial charge in [-0.25, -0.2) is 0 Å². The van der Waals surface area contributed by atoms with Gasteiger partial charge in [0.05, 0.1) is 11.3 Å². The van der Waals surface area contributed by atoms with E-state index in [9.17, 15) is 9.59 Å². The summed E-state index contributed by atoms with van der Waals surface area (Å²) in [5.41, 5.74) is 1.22. The van der Waals surface area contributed by atoms with Crippen molar-refractivity contribution >= 4 is 30.1 Å². The van der Waals surface area contributed by atoms with E-state index in [-0.39, 0.29) is 17.7 Å². The lowest BCUT2D eigenvalue weighted by atomic mass is 10.1. The summed E-state index contributed by atoms with van der Waals surface area (Å²) in [6, 6.07) is 7.17. The first-order chi connectivity index (χ1) is 8.67. The second kappa shape index (κ2) is 5.44. The van der Waals surface area contributed by atoms with Crippen LogP contribution in [0, 0.1) is 5.92 Å². The van der Waals surface area contributed by atoms with Crippen molar-refractivity contribution in [1.29, 1.82) is 0 Å². The molecule has 5 heteroatoms. The molecule has 0 aliphatic carbocycles. The number of anilines is 1. The fourth-order valence-electron chi connectivity index (χ4n) is 2.17. The molecule has 2 rings (SSSR count). The Hall–Kier alpha value is -1.49. The Morgan fingerprint density at radius 3 is 2.83 bits per heavy atom. The summed E-state index contributed by atoms with van der Waals surface area (Å²) in [7, 11) is 1.58. The van der Waals surface area contributed by atoms with Gasteiger partial charge in [-0.1, -0.05) is 12.1 Å². The molecule has 1 atom stereocenters. The Labute approximate surface area is 112 Å². The number of para-hydroxylation sites is 1. The minimum absolute atomic E-state index is 0.0606. The molecule has 1 aromatic rings. The van der Waals surface area contributed by atoms with Gasteiger partial charge in [-0.05, 0) is 23.8 Å². The van der Waals surface area contributed by atoms with Crippen LogP contribution < -0.4 is 10.2 Å². The van der Waals surface area contributed by atoms with Crippen LogP contribution in [0.4, 0.5) is 5.69 Å². The van der Waals surface area contributed by atoms with E-state index in [2.05, 4.69) is 17.9 Å². The number of nitrogens with zero attached hydrogens (tertiary/aromatic N) is 1. The average molecular weight is 264 g/mol. The number of hydrogen-bond acceptors (Lipinski definition) is 3. The van der Waals surface area contributed by atoms with Crippen LogP contribution in [0.3, 0.4) is 0 Å². The highest BCUT2D eigenvalue weighted by Gasteiger charge is 2.31. The summed E-state index contributed by atoms with van der Waals surface area (Å²) >= 11 is 4.24. The van der Waals surface area contributed by atoms with Gasteiger partial charge in [0.2, 0.25) is 5.91 Å². The van der Waals surface area contributed by atoms with Gasteiger partial charge in [0.15, 0.2) is 0 Å². The van der Waals surface area contributed by atoms with Gasteiger partial charge in [0.1, 0.15) is 0 Å². The number of carbonyl (C=O) groups excluding carboxylic acids is 2. The summed E-state index contributed by atoms with van der Waals surface area (Å²) in [4.78, 5) is 25.4. The van der Waals surface area contributed by atoms with E-state index in [0.29, 0.717) is 30.0 Å². The molecule has 2 amide bonds. The third kappa shape index (κ3) is 2.36. The normalized spacial score (nSPS) is 19.1. The second-order valence-electron chi connectivity index (χ2n) is 4.35. The van der Waals surface area contributed by atoms with Gasteiger partial charge < -0.3 is 10.2 Å². The van der Waals surface area contributed by atoms with Crippen molar-refractivity contribution in [3.05, 3.63) is 29.8 Å². The Balaban J connectivity index is 2.34. The van der Waals surface area contributed by atoms with Crippen LogP contribution in [0.2, 0.25) is 0 Å². The van der Waals surface area contributed by atoms with Gasteiger partial charge in [-0.2, -0.15) is 12.6 Å². The predicted octanol–water partition coefficient (Wildman–Crippen LogP) is 1.33. The Morgan fingerprint density at radius 1 is 1.50 bits per heavy atom. The van der Waals surface area contributed by atoms with Crippen LogP contribution in [0.5, 0.6) is 0 Å². The molecular formula is C13H16N2O2S. The van der Waals surface area contributed by atoms with Crippen LogP contribution in [-0.4, -0.2) is 31.2 Å². The van der Waals surface area contributed by atoms with Gasteiger partial charge in [0.25, 0.3) is 5.91 Å². The zero-order valence-corrected chi connectivity index (χ0v) is 11.1. The predicted molar refractivity (Wildman–Crippen MR) is 74.1 cm³/mol. The summed E-state index contributed by atoms with van der Waals surface area (Å²) in [5.74, 6) is 0.835. The van der Waals surface area contributed by atoms with Crippen molar-refractivity contribution in [3.8, 4) is 0 Å². The van der Waals surface area contributed by atoms with E-state index >= 15 is 0 Å². The van der Waals surface area contributed by atoms with E-state index in [1.54, 1.807) is 24.1 Å². The monoisotopic (exact) mass is 264 g/mol. The standard InChI is InChI=1S/C13H16N2O2S/c1-14-13(17)10-4-2-3-5-11(10)15-7-9(8-18)6-12(15)16/h2-5,9,18H,6-8H2,1H3,(H,14,17). The molecule has 1 fully saturated rings. The summed E-state index contributed by atoms with van der Waals surface area (Å²) in [6.45, 7) is 0.635. The van der Waals surface area contributed by atoms with E-state index in [1.807, 2.05) is 12.1 Å². The lowest BCUT2D eigenvalue weighted by Crippen LogP contribution is -2.28. The largest absolute Gasteiger partial charge is 0.355 e. The van der Waals surface area contributed by atoms with Crippen molar-refractivity contribution in [3.63, 3.8) is 0 Å². The van der Waals surface area contributed by atoms with E-state index in [4.69, 9.17) is 0 Å². The topological polar surface area (TPSA) is 49.4 Å². The molecule has 1 aliphatic rings. The molecule has 0 spiro atoms. The van der Waals surface area contributed by atoms with Gasteiger partial charge >= 0.3 is 0 Å². The molecule has 96 valence electrons. The Morgan fingerprint density at radius 2 is 2.22 bits per heavy atom. The molecule has 0 bridgehead atoms. The zero-order valence-electron chi connectivity index (χ0n) is 10.2. The number of nitrogens with one attached hydrogen (secondary N) is 1. The Bertz CT molecular complexity index is 476. The maximum atomic E-state index is 12.0. The highest BCUT2D eigenvalue weighted by Crippen LogP contribution is 2.28. The quantitative estimate of drug-likeness (QED) is 0.809. The lowest BCUT2D eigenvalue weighted by Gasteiger charge is -2.19. The summed E-state index contributed by atoms with van der Waals surface area (Å²) in [6.07, 6.45) is 0.506. The first-order valence-electron chi connectivity index (χ1n) is 5.89. The molecule has 1 N–H and O–H groups in total. The van der Waals surface area contributed by atoms with Crippen LogP contribution in [-0.2, 0) is 4.79 Å². The molecular weight excluding hydrogens is 248 g/mol. The van der Waals surface area contributed by atoms with Gasteiger partial charge in [-0.3, -0.25) is 9.59 Å². The number of carbonyl (C=O) groups is 2. The average Bonchev–Trinajstić information content (AvgIpc) is 2.79. The van der Waals surface area contributed by atoms with Crippen molar-refractivity contribution in [2.75, 3.05) is 24.2 Å². The maximum absolute atomic E-state index is 12.0. The molecule has 1 aliphatic heterocycles.